The average molecular weight is 375 g/mol. The van der Waals surface area contributed by atoms with E-state index < -0.39 is 0 Å². The van der Waals surface area contributed by atoms with Gasteiger partial charge in [-0.2, -0.15) is 0 Å². The lowest BCUT2D eigenvalue weighted by Crippen LogP contribution is -3.14. The van der Waals surface area contributed by atoms with Crippen LogP contribution in [0, 0.1) is 5.92 Å². The topological polar surface area (TPSA) is 46.4 Å². The molecule has 0 aliphatic carbocycles. The SMILES string of the molecule is CC(C)CC[C@H](C)NC(=O)C[NH+]1CCC[C@H](c2nc3ccccc3s2)C1. The van der Waals surface area contributed by atoms with Gasteiger partial charge in [-0.3, -0.25) is 4.79 Å². The summed E-state index contributed by atoms with van der Waals surface area (Å²) in [6.07, 6.45) is 4.59. The van der Waals surface area contributed by atoms with Gasteiger partial charge in [0.1, 0.15) is 5.01 Å². The van der Waals surface area contributed by atoms with E-state index in [9.17, 15) is 4.79 Å². The van der Waals surface area contributed by atoms with Gasteiger partial charge >= 0.3 is 0 Å². The van der Waals surface area contributed by atoms with Crippen LogP contribution in [0.15, 0.2) is 24.3 Å². The van der Waals surface area contributed by atoms with Crippen LogP contribution in [0.3, 0.4) is 0 Å². The van der Waals surface area contributed by atoms with Crippen molar-refractivity contribution in [1.29, 1.82) is 0 Å². The first-order valence-corrected chi connectivity index (χ1v) is 10.8. The van der Waals surface area contributed by atoms with Gasteiger partial charge in [0, 0.05) is 6.04 Å². The number of nitrogens with zero attached hydrogens (tertiary/aromatic N) is 1. The molecular formula is C21H32N3OS+. The highest BCUT2D eigenvalue weighted by molar-refractivity contribution is 7.18. The van der Waals surface area contributed by atoms with Gasteiger partial charge in [0.25, 0.3) is 5.91 Å². The summed E-state index contributed by atoms with van der Waals surface area (Å²) in [5.41, 5.74) is 1.11. The molecular weight excluding hydrogens is 342 g/mol. The molecule has 1 unspecified atom stereocenters. The van der Waals surface area contributed by atoms with E-state index in [-0.39, 0.29) is 11.9 Å². The van der Waals surface area contributed by atoms with E-state index in [1.165, 1.54) is 27.4 Å². The van der Waals surface area contributed by atoms with Crippen LogP contribution in [0.5, 0.6) is 0 Å². The van der Waals surface area contributed by atoms with Gasteiger partial charge in [0.15, 0.2) is 6.54 Å². The van der Waals surface area contributed by atoms with E-state index >= 15 is 0 Å². The van der Waals surface area contributed by atoms with Crippen LogP contribution in [-0.2, 0) is 4.79 Å². The largest absolute Gasteiger partial charge is 0.349 e. The number of carbonyl (C=O) groups excluding carboxylic acids is 1. The van der Waals surface area contributed by atoms with Gasteiger partial charge < -0.3 is 10.2 Å². The van der Waals surface area contributed by atoms with Crippen molar-refractivity contribution in [3.05, 3.63) is 29.3 Å². The van der Waals surface area contributed by atoms with Gasteiger partial charge in [0.2, 0.25) is 0 Å². The molecule has 1 amide bonds. The van der Waals surface area contributed by atoms with Gasteiger partial charge in [0.05, 0.1) is 29.2 Å². The molecule has 2 heterocycles. The predicted molar refractivity (Wildman–Crippen MR) is 109 cm³/mol. The molecule has 26 heavy (non-hydrogen) atoms. The molecule has 3 rings (SSSR count). The monoisotopic (exact) mass is 374 g/mol. The summed E-state index contributed by atoms with van der Waals surface area (Å²) in [4.78, 5) is 18.6. The molecule has 1 saturated heterocycles. The molecule has 0 bridgehead atoms. The van der Waals surface area contributed by atoms with Crippen molar-refractivity contribution in [2.24, 2.45) is 5.92 Å². The van der Waals surface area contributed by atoms with Crippen LogP contribution in [0.25, 0.3) is 10.2 Å². The summed E-state index contributed by atoms with van der Waals surface area (Å²) in [6, 6.07) is 8.64. The van der Waals surface area contributed by atoms with Crippen LogP contribution < -0.4 is 10.2 Å². The molecule has 1 aliphatic heterocycles. The summed E-state index contributed by atoms with van der Waals surface area (Å²) < 4.78 is 1.27. The second kappa shape index (κ2) is 8.96. The number of hydrogen-bond acceptors (Lipinski definition) is 3. The Morgan fingerprint density at radius 3 is 2.88 bits per heavy atom. The first-order valence-electron chi connectivity index (χ1n) is 9.99. The number of para-hydroxylation sites is 1. The van der Waals surface area contributed by atoms with Crippen molar-refractivity contribution in [3.8, 4) is 0 Å². The Hall–Kier alpha value is -1.46. The molecule has 2 aromatic rings. The minimum Gasteiger partial charge on any atom is -0.349 e. The number of piperidine rings is 1. The molecule has 1 aliphatic rings. The van der Waals surface area contributed by atoms with Gasteiger partial charge in [-0.1, -0.05) is 26.0 Å². The molecule has 1 aromatic carbocycles. The summed E-state index contributed by atoms with van der Waals surface area (Å²) in [5.74, 6) is 1.38. The van der Waals surface area contributed by atoms with E-state index in [2.05, 4.69) is 50.4 Å². The van der Waals surface area contributed by atoms with Crippen LogP contribution >= 0.6 is 11.3 Å². The molecule has 142 valence electrons. The standard InChI is InChI=1S/C21H31N3OS/c1-15(2)10-11-16(3)22-20(25)14-24-12-6-7-17(13-24)21-23-18-8-4-5-9-19(18)26-21/h4-5,8-9,15-17H,6-7,10-14H2,1-3H3,(H,22,25)/p+1/t16-,17-/m0/s1. The van der Waals surface area contributed by atoms with Crippen molar-refractivity contribution in [3.63, 3.8) is 0 Å². The van der Waals surface area contributed by atoms with Crippen LogP contribution in [0.4, 0.5) is 0 Å². The normalized spacial score (nSPS) is 21.8. The maximum Gasteiger partial charge on any atom is 0.275 e. The van der Waals surface area contributed by atoms with E-state index in [4.69, 9.17) is 4.98 Å². The van der Waals surface area contributed by atoms with Crippen molar-refractivity contribution < 1.29 is 9.69 Å². The van der Waals surface area contributed by atoms with Crippen molar-refractivity contribution >= 4 is 27.5 Å². The summed E-state index contributed by atoms with van der Waals surface area (Å²) >= 11 is 1.82. The number of hydrogen-bond donors (Lipinski definition) is 2. The summed E-state index contributed by atoms with van der Waals surface area (Å²) in [6.45, 7) is 9.29. The Bertz CT molecular complexity index is 694. The van der Waals surface area contributed by atoms with Crippen LogP contribution in [0.2, 0.25) is 0 Å². The first kappa shape index (κ1) is 19.3. The first-order chi connectivity index (χ1) is 12.5. The fourth-order valence-electron chi connectivity index (χ4n) is 3.80. The lowest BCUT2D eigenvalue weighted by atomic mass is 9.98. The van der Waals surface area contributed by atoms with Gasteiger partial charge in [-0.25, -0.2) is 4.98 Å². The Labute approximate surface area is 161 Å². The zero-order chi connectivity index (χ0) is 18.5. The lowest BCUT2D eigenvalue weighted by molar-refractivity contribution is -0.898. The zero-order valence-electron chi connectivity index (χ0n) is 16.3. The van der Waals surface area contributed by atoms with Crippen LogP contribution in [-0.4, -0.2) is 36.6 Å². The number of fused-ring (bicyclic) bond motifs is 1. The van der Waals surface area contributed by atoms with Crippen molar-refractivity contribution in [2.45, 2.75) is 58.4 Å². The second-order valence-corrected chi connectivity index (χ2v) is 9.24. The zero-order valence-corrected chi connectivity index (χ0v) is 17.1. The number of thiazole rings is 1. The number of carbonyl (C=O) groups is 1. The fourth-order valence-corrected chi connectivity index (χ4v) is 4.90. The molecule has 4 nitrogen and oxygen atoms in total. The van der Waals surface area contributed by atoms with Crippen molar-refractivity contribution in [1.82, 2.24) is 10.3 Å². The molecule has 3 atom stereocenters. The fraction of sp³-hybridized carbons (Fsp3) is 0.619. The molecule has 1 fully saturated rings. The third-order valence-corrected chi connectivity index (χ3v) is 6.47. The number of amides is 1. The highest BCUT2D eigenvalue weighted by Crippen LogP contribution is 2.30. The Morgan fingerprint density at radius 1 is 1.31 bits per heavy atom. The van der Waals surface area contributed by atoms with E-state index in [0.29, 0.717) is 18.4 Å². The minimum absolute atomic E-state index is 0.196. The van der Waals surface area contributed by atoms with E-state index in [1.54, 1.807) is 0 Å². The van der Waals surface area contributed by atoms with Crippen molar-refractivity contribution in [2.75, 3.05) is 19.6 Å². The van der Waals surface area contributed by atoms with Crippen LogP contribution in [0.1, 0.15) is 57.4 Å². The lowest BCUT2D eigenvalue weighted by Gasteiger charge is -2.28. The molecule has 0 spiro atoms. The Balaban J connectivity index is 1.52. The van der Waals surface area contributed by atoms with Gasteiger partial charge in [-0.15, -0.1) is 11.3 Å². The number of likely N-dealkylation sites (tertiary alicyclic amines) is 1. The summed E-state index contributed by atoms with van der Waals surface area (Å²) in [5, 5.41) is 4.43. The third-order valence-electron chi connectivity index (χ3n) is 5.27. The summed E-state index contributed by atoms with van der Waals surface area (Å²) in [7, 11) is 0. The molecule has 0 radical (unpaired) electrons. The highest BCUT2D eigenvalue weighted by Gasteiger charge is 2.28. The number of rotatable bonds is 7. The Morgan fingerprint density at radius 2 is 2.12 bits per heavy atom. The molecule has 1 aromatic heterocycles. The number of quaternary nitrogens is 1. The van der Waals surface area contributed by atoms with E-state index in [1.807, 2.05) is 11.3 Å². The maximum atomic E-state index is 12.4. The number of benzene rings is 1. The maximum absolute atomic E-state index is 12.4. The average Bonchev–Trinajstić information content (AvgIpc) is 3.04. The smallest absolute Gasteiger partial charge is 0.275 e. The molecule has 5 heteroatoms. The third kappa shape index (κ3) is 5.27. The van der Waals surface area contributed by atoms with Gasteiger partial charge in [-0.05, 0) is 50.7 Å². The highest BCUT2D eigenvalue weighted by atomic mass is 32.1. The second-order valence-electron chi connectivity index (χ2n) is 8.18. The predicted octanol–water partition coefficient (Wildman–Crippen LogP) is 3.00. The Kier molecular flexibility index (Phi) is 6.65. The van der Waals surface area contributed by atoms with E-state index in [0.717, 1.165) is 31.4 Å². The number of nitrogens with one attached hydrogen (secondary N) is 2. The quantitative estimate of drug-likeness (QED) is 0.783. The molecule has 2 N–H and O–H groups in total. The minimum atomic E-state index is 0.196. The number of aromatic nitrogens is 1. The molecule has 0 saturated carbocycles.